The van der Waals surface area contributed by atoms with Gasteiger partial charge >= 0.3 is 0 Å². The second kappa shape index (κ2) is 5.16. The molecule has 0 bridgehead atoms. The number of hydrogen-bond donors (Lipinski definition) is 3. The quantitative estimate of drug-likeness (QED) is 0.309. The number of nitrogens with two attached hydrogens (primary N) is 1. The molecule has 0 aliphatic heterocycles. The summed E-state index contributed by atoms with van der Waals surface area (Å²) in [5.74, 6) is 0.376. The highest BCUT2D eigenvalue weighted by Crippen LogP contribution is 2.38. The number of hydrogen-bond acceptors (Lipinski definition) is 3. The zero-order valence-corrected chi connectivity index (χ0v) is 11.0. The molecule has 5 nitrogen and oxygen atoms in total. The highest BCUT2D eigenvalue weighted by molar-refractivity contribution is 5.86. The first-order valence-corrected chi connectivity index (χ1v) is 6.85. The zero-order chi connectivity index (χ0) is 13.2. The molecule has 0 radical (unpaired) electrons. The summed E-state index contributed by atoms with van der Waals surface area (Å²) in [6.07, 6.45) is 7.04. The minimum atomic E-state index is -0.210. The van der Waals surface area contributed by atoms with Gasteiger partial charge in [0.25, 0.3) is 0 Å². The van der Waals surface area contributed by atoms with E-state index in [9.17, 15) is 4.79 Å². The van der Waals surface area contributed by atoms with Crippen molar-refractivity contribution in [3.05, 3.63) is 0 Å². The fourth-order valence-corrected chi connectivity index (χ4v) is 3.29. The normalized spacial score (nSPS) is 31.5. The maximum absolute atomic E-state index is 12.3. The molecule has 4 N–H and O–H groups in total. The monoisotopic (exact) mass is 253 g/mol. The van der Waals surface area contributed by atoms with Crippen molar-refractivity contribution < 1.29 is 10.0 Å². The van der Waals surface area contributed by atoms with Gasteiger partial charge in [0.05, 0.1) is 0 Å². The van der Waals surface area contributed by atoms with E-state index in [4.69, 9.17) is 10.9 Å². The molecule has 0 aromatic heterocycles. The van der Waals surface area contributed by atoms with E-state index in [0.29, 0.717) is 0 Å². The van der Waals surface area contributed by atoms with Gasteiger partial charge in [0.15, 0.2) is 0 Å². The molecule has 0 aromatic carbocycles. The van der Waals surface area contributed by atoms with Gasteiger partial charge in [-0.25, -0.2) is 0 Å². The van der Waals surface area contributed by atoms with Crippen molar-refractivity contribution in [2.24, 2.45) is 22.2 Å². The van der Waals surface area contributed by atoms with Crippen LogP contribution in [0.2, 0.25) is 0 Å². The Kier molecular flexibility index (Phi) is 3.78. The second-order valence-corrected chi connectivity index (χ2v) is 5.91. The standard InChI is InChI=1S/C13H23N3O2/c1-13(7-2-3-8-13)12(17)15-10-6-4-5-9(10)11(14)16-18/h9-10,18H,2-8H2,1H3,(H2,14,16)(H,15,17). The predicted octanol–water partition coefficient (Wildman–Crippen LogP) is 1.60. The molecular weight excluding hydrogens is 230 g/mol. The lowest BCUT2D eigenvalue weighted by Crippen LogP contribution is -2.47. The first kappa shape index (κ1) is 13.2. The van der Waals surface area contributed by atoms with E-state index < -0.39 is 0 Å². The third-order valence-corrected chi connectivity index (χ3v) is 4.58. The van der Waals surface area contributed by atoms with Gasteiger partial charge in [-0.15, -0.1) is 0 Å². The largest absolute Gasteiger partial charge is 0.409 e. The maximum Gasteiger partial charge on any atom is 0.226 e. The first-order valence-electron chi connectivity index (χ1n) is 6.85. The summed E-state index contributed by atoms with van der Waals surface area (Å²) in [5, 5.41) is 15.0. The molecule has 2 aliphatic rings. The summed E-state index contributed by atoms with van der Waals surface area (Å²) in [7, 11) is 0. The molecule has 2 fully saturated rings. The van der Waals surface area contributed by atoms with Crippen LogP contribution < -0.4 is 11.1 Å². The lowest BCUT2D eigenvalue weighted by molar-refractivity contribution is -0.130. The number of amides is 1. The van der Waals surface area contributed by atoms with Crippen molar-refractivity contribution in [3.63, 3.8) is 0 Å². The average Bonchev–Trinajstić information content (AvgIpc) is 2.98. The predicted molar refractivity (Wildman–Crippen MR) is 69.3 cm³/mol. The number of amidine groups is 1. The van der Waals surface area contributed by atoms with Crippen LogP contribution in [0.3, 0.4) is 0 Å². The molecular formula is C13H23N3O2. The Hall–Kier alpha value is -1.26. The lowest BCUT2D eigenvalue weighted by Gasteiger charge is -2.27. The fourth-order valence-electron chi connectivity index (χ4n) is 3.29. The Labute approximate surface area is 108 Å². The van der Waals surface area contributed by atoms with Gasteiger partial charge in [0.2, 0.25) is 5.91 Å². The molecule has 2 saturated carbocycles. The molecule has 0 spiro atoms. The molecule has 2 atom stereocenters. The van der Waals surface area contributed by atoms with E-state index in [1.54, 1.807) is 0 Å². The van der Waals surface area contributed by atoms with Crippen LogP contribution in [-0.4, -0.2) is 23.0 Å². The van der Waals surface area contributed by atoms with Gasteiger partial charge in [-0.1, -0.05) is 31.3 Å². The zero-order valence-electron chi connectivity index (χ0n) is 11.0. The summed E-state index contributed by atoms with van der Waals surface area (Å²) in [6.45, 7) is 2.04. The summed E-state index contributed by atoms with van der Waals surface area (Å²) in [6, 6.07) is 0.0332. The third-order valence-electron chi connectivity index (χ3n) is 4.58. The molecule has 102 valence electrons. The topological polar surface area (TPSA) is 87.7 Å². The van der Waals surface area contributed by atoms with Crippen LogP contribution in [-0.2, 0) is 4.79 Å². The van der Waals surface area contributed by atoms with Crippen molar-refractivity contribution in [2.75, 3.05) is 0 Å². The molecule has 1 amide bonds. The Morgan fingerprint density at radius 3 is 2.61 bits per heavy atom. The van der Waals surface area contributed by atoms with Gasteiger partial charge in [-0.3, -0.25) is 4.79 Å². The number of rotatable bonds is 3. The SMILES string of the molecule is CC1(C(=O)NC2CCCC2C(N)=NO)CCCC1. The molecule has 2 unspecified atom stereocenters. The summed E-state index contributed by atoms with van der Waals surface area (Å²) < 4.78 is 0. The van der Waals surface area contributed by atoms with Gasteiger partial charge < -0.3 is 16.3 Å². The van der Waals surface area contributed by atoms with Crippen molar-refractivity contribution in [2.45, 2.75) is 57.9 Å². The number of oxime groups is 1. The summed E-state index contributed by atoms with van der Waals surface area (Å²) in [4.78, 5) is 12.3. The molecule has 2 rings (SSSR count). The second-order valence-electron chi connectivity index (χ2n) is 5.91. The lowest BCUT2D eigenvalue weighted by atomic mass is 9.87. The first-order chi connectivity index (χ1) is 8.57. The Morgan fingerprint density at radius 2 is 2.00 bits per heavy atom. The van der Waals surface area contributed by atoms with Crippen molar-refractivity contribution in [1.82, 2.24) is 5.32 Å². The maximum atomic E-state index is 12.3. The van der Waals surface area contributed by atoms with Gasteiger partial charge in [0.1, 0.15) is 5.84 Å². The Balaban J connectivity index is 1.98. The van der Waals surface area contributed by atoms with Crippen LogP contribution in [0.15, 0.2) is 5.16 Å². The Bertz CT molecular complexity index is 348. The Morgan fingerprint density at radius 1 is 1.33 bits per heavy atom. The van der Waals surface area contributed by atoms with Crippen molar-refractivity contribution in [1.29, 1.82) is 0 Å². The minimum Gasteiger partial charge on any atom is -0.409 e. The molecule has 0 aromatic rings. The molecule has 18 heavy (non-hydrogen) atoms. The summed E-state index contributed by atoms with van der Waals surface area (Å²) >= 11 is 0. The molecule has 0 heterocycles. The van der Waals surface area contributed by atoms with E-state index in [-0.39, 0.29) is 29.1 Å². The number of carbonyl (C=O) groups is 1. The highest BCUT2D eigenvalue weighted by atomic mass is 16.4. The van der Waals surface area contributed by atoms with Crippen molar-refractivity contribution in [3.8, 4) is 0 Å². The fraction of sp³-hybridized carbons (Fsp3) is 0.846. The van der Waals surface area contributed by atoms with E-state index in [1.807, 2.05) is 6.92 Å². The van der Waals surface area contributed by atoms with E-state index in [2.05, 4.69) is 10.5 Å². The summed E-state index contributed by atoms with van der Waals surface area (Å²) in [5.41, 5.74) is 5.47. The van der Waals surface area contributed by atoms with Gasteiger partial charge in [0, 0.05) is 17.4 Å². The smallest absolute Gasteiger partial charge is 0.226 e. The molecule has 2 aliphatic carbocycles. The van der Waals surface area contributed by atoms with Crippen molar-refractivity contribution >= 4 is 11.7 Å². The van der Waals surface area contributed by atoms with Crippen LogP contribution >= 0.6 is 0 Å². The number of nitrogens with zero attached hydrogens (tertiary/aromatic N) is 1. The van der Waals surface area contributed by atoms with Crippen LogP contribution in [0.5, 0.6) is 0 Å². The van der Waals surface area contributed by atoms with E-state index in [1.165, 1.54) is 0 Å². The van der Waals surface area contributed by atoms with Crippen LogP contribution in [0.25, 0.3) is 0 Å². The number of carbonyl (C=O) groups excluding carboxylic acids is 1. The average molecular weight is 253 g/mol. The van der Waals surface area contributed by atoms with Gasteiger partial charge in [-0.05, 0) is 25.7 Å². The van der Waals surface area contributed by atoms with Crippen LogP contribution in [0.1, 0.15) is 51.9 Å². The molecule has 5 heteroatoms. The molecule has 0 saturated heterocycles. The number of nitrogens with one attached hydrogen (secondary N) is 1. The van der Waals surface area contributed by atoms with Crippen LogP contribution in [0, 0.1) is 11.3 Å². The highest BCUT2D eigenvalue weighted by Gasteiger charge is 2.39. The van der Waals surface area contributed by atoms with E-state index in [0.717, 1.165) is 44.9 Å². The van der Waals surface area contributed by atoms with Gasteiger partial charge in [-0.2, -0.15) is 0 Å². The third kappa shape index (κ3) is 2.44. The van der Waals surface area contributed by atoms with E-state index >= 15 is 0 Å². The van der Waals surface area contributed by atoms with Crippen LogP contribution in [0.4, 0.5) is 0 Å². The minimum absolute atomic E-state index is 0.0102.